The van der Waals surface area contributed by atoms with Crippen molar-refractivity contribution in [3.05, 3.63) is 64.7 Å². The van der Waals surface area contributed by atoms with Gasteiger partial charge >= 0.3 is 5.97 Å². The number of aliphatic carboxylic acids is 1. The normalized spacial score (nSPS) is 10.2. The molecule has 0 aliphatic carbocycles. The number of hydrogen-bond donors (Lipinski definition) is 1. The smallest absolute Gasteiger partial charge is 0.323 e. The van der Waals surface area contributed by atoms with Crippen molar-refractivity contribution in [1.82, 2.24) is 0 Å². The number of carboxylic acids is 1. The molecule has 0 aliphatic heterocycles. The van der Waals surface area contributed by atoms with Crippen LogP contribution in [0.5, 0.6) is 0 Å². The van der Waals surface area contributed by atoms with Crippen molar-refractivity contribution in [3.63, 3.8) is 0 Å². The van der Waals surface area contributed by atoms with Gasteiger partial charge in [0.15, 0.2) is 0 Å². The first-order valence-corrected chi connectivity index (χ1v) is 6.72. The van der Waals surface area contributed by atoms with Gasteiger partial charge < -0.3 is 5.11 Å². The third-order valence-corrected chi connectivity index (χ3v) is 3.51. The zero-order chi connectivity index (χ0) is 15.4. The number of benzene rings is 2. The number of halogens is 1. The molecule has 1 amide bonds. The molecule has 0 heterocycles. The highest BCUT2D eigenvalue weighted by molar-refractivity contribution is 6.32. The first kappa shape index (κ1) is 15.1. The van der Waals surface area contributed by atoms with Crippen LogP contribution in [0, 0.1) is 6.92 Å². The molecule has 0 atom stereocenters. The lowest BCUT2D eigenvalue weighted by Gasteiger charge is -2.22. The van der Waals surface area contributed by atoms with E-state index in [1.165, 1.54) is 4.90 Å². The molecule has 0 fully saturated rings. The Kier molecular flexibility index (Phi) is 4.60. The van der Waals surface area contributed by atoms with Crippen LogP contribution in [-0.2, 0) is 4.79 Å². The van der Waals surface area contributed by atoms with Crippen LogP contribution in [0.3, 0.4) is 0 Å². The van der Waals surface area contributed by atoms with Crippen LogP contribution in [0.4, 0.5) is 5.69 Å². The Morgan fingerprint density at radius 2 is 1.76 bits per heavy atom. The van der Waals surface area contributed by atoms with Gasteiger partial charge in [0.2, 0.25) is 0 Å². The van der Waals surface area contributed by atoms with E-state index in [1.807, 2.05) is 0 Å². The number of carbonyl (C=O) groups excluding carboxylic acids is 1. The zero-order valence-electron chi connectivity index (χ0n) is 11.4. The molecule has 5 heteroatoms. The molecule has 0 aromatic heterocycles. The molecule has 0 bridgehead atoms. The highest BCUT2D eigenvalue weighted by Crippen LogP contribution is 2.23. The van der Waals surface area contributed by atoms with E-state index in [-0.39, 0.29) is 5.91 Å². The van der Waals surface area contributed by atoms with E-state index in [9.17, 15) is 9.59 Å². The Hall–Kier alpha value is -2.33. The first-order chi connectivity index (χ1) is 10.0. The van der Waals surface area contributed by atoms with Crippen molar-refractivity contribution >= 4 is 29.2 Å². The standard InChI is InChI=1S/C16H14ClNO3/c1-11-13(8-5-9-14(11)17)16(21)18(10-15(19)20)12-6-3-2-4-7-12/h2-9H,10H2,1H3,(H,19,20). The fraction of sp³-hybridized carbons (Fsp3) is 0.125. The number of carbonyl (C=O) groups is 2. The second-order valence-electron chi connectivity index (χ2n) is 4.53. The first-order valence-electron chi connectivity index (χ1n) is 6.34. The van der Waals surface area contributed by atoms with Gasteiger partial charge in [0.1, 0.15) is 6.54 Å². The van der Waals surface area contributed by atoms with E-state index < -0.39 is 12.5 Å². The Labute approximate surface area is 127 Å². The van der Waals surface area contributed by atoms with Crippen LogP contribution in [0.15, 0.2) is 48.5 Å². The third-order valence-electron chi connectivity index (χ3n) is 3.10. The Bertz CT molecular complexity index is 670. The molecular weight excluding hydrogens is 290 g/mol. The predicted octanol–water partition coefficient (Wildman–Crippen LogP) is 3.38. The molecule has 0 unspecified atom stereocenters. The number of carboxylic acid groups (broad SMARTS) is 1. The van der Waals surface area contributed by atoms with E-state index in [0.29, 0.717) is 21.8 Å². The molecule has 0 saturated heterocycles. The number of para-hydroxylation sites is 1. The van der Waals surface area contributed by atoms with Gasteiger partial charge in [-0.3, -0.25) is 14.5 Å². The quantitative estimate of drug-likeness (QED) is 0.942. The third kappa shape index (κ3) is 3.41. The Balaban J connectivity index is 2.44. The largest absolute Gasteiger partial charge is 0.480 e. The Morgan fingerprint density at radius 3 is 2.38 bits per heavy atom. The fourth-order valence-corrected chi connectivity index (χ4v) is 2.18. The molecular formula is C16H14ClNO3. The minimum Gasteiger partial charge on any atom is -0.480 e. The van der Waals surface area contributed by atoms with Gasteiger partial charge in [-0.2, -0.15) is 0 Å². The molecule has 2 aromatic rings. The van der Waals surface area contributed by atoms with Crippen LogP contribution in [0.25, 0.3) is 0 Å². The summed E-state index contributed by atoms with van der Waals surface area (Å²) in [6, 6.07) is 13.7. The molecule has 0 aliphatic rings. The fourth-order valence-electron chi connectivity index (χ4n) is 2.01. The molecule has 0 spiro atoms. The molecule has 21 heavy (non-hydrogen) atoms. The second-order valence-corrected chi connectivity index (χ2v) is 4.94. The Morgan fingerprint density at radius 1 is 1.10 bits per heavy atom. The molecule has 4 nitrogen and oxygen atoms in total. The number of amides is 1. The van der Waals surface area contributed by atoms with Crippen LogP contribution in [0.2, 0.25) is 5.02 Å². The summed E-state index contributed by atoms with van der Waals surface area (Å²) in [5.74, 6) is -1.46. The summed E-state index contributed by atoms with van der Waals surface area (Å²) >= 11 is 6.03. The number of hydrogen-bond acceptors (Lipinski definition) is 2. The van der Waals surface area contributed by atoms with Crippen molar-refractivity contribution in [1.29, 1.82) is 0 Å². The van der Waals surface area contributed by atoms with Crippen molar-refractivity contribution in [2.24, 2.45) is 0 Å². The maximum atomic E-state index is 12.7. The van der Waals surface area contributed by atoms with Gasteiger partial charge in [-0.1, -0.05) is 35.9 Å². The lowest BCUT2D eigenvalue weighted by Crippen LogP contribution is -2.36. The van der Waals surface area contributed by atoms with Crippen LogP contribution in [-0.4, -0.2) is 23.5 Å². The lowest BCUT2D eigenvalue weighted by molar-refractivity contribution is -0.135. The van der Waals surface area contributed by atoms with Crippen LogP contribution < -0.4 is 4.90 Å². The SMILES string of the molecule is Cc1c(Cl)cccc1C(=O)N(CC(=O)O)c1ccccc1. The van der Waals surface area contributed by atoms with Gasteiger partial charge in [0, 0.05) is 16.3 Å². The van der Waals surface area contributed by atoms with E-state index in [1.54, 1.807) is 55.5 Å². The van der Waals surface area contributed by atoms with E-state index in [4.69, 9.17) is 16.7 Å². The van der Waals surface area contributed by atoms with Crippen LogP contribution >= 0.6 is 11.6 Å². The molecule has 0 radical (unpaired) electrons. The van der Waals surface area contributed by atoms with Crippen molar-refractivity contribution < 1.29 is 14.7 Å². The van der Waals surface area contributed by atoms with Gasteiger partial charge in [0.05, 0.1) is 0 Å². The molecule has 1 N–H and O–H groups in total. The van der Waals surface area contributed by atoms with Crippen molar-refractivity contribution in [2.75, 3.05) is 11.4 Å². The highest BCUT2D eigenvalue weighted by Gasteiger charge is 2.22. The molecule has 0 saturated carbocycles. The monoisotopic (exact) mass is 303 g/mol. The minimum absolute atomic E-state index is 0.386. The van der Waals surface area contributed by atoms with E-state index in [0.717, 1.165) is 0 Å². The highest BCUT2D eigenvalue weighted by atomic mass is 35.5. The average Bonchev–Trinajstić information content (AvgIpc) is 2.48. The van der Waals surface area contributed by atoms with Gasteiger partial charge in [-0.15, -0.1) is 0 Å². The summed E-state index contributed by atoms with van der Waals surface area (Å²) < 4.78 is 0. The topological polar surface area (TPSA) is 57.6 Å². The lowest BCUT2D eigenvalue weighted by atomic mass is 10.1. The predicted molar refractivity (Wildman–Crippen MR) is 81.9 cm³/mol. The number of anilines is 1. The minimum atomic E-state index is -1.08. The van der Waals surface area contributed by atoms with E-state index >= 15 is 0 Å². The molecule has 2 aromatic carbocycles. The zero-order valence-corrected chi connectivity index (χ0v) is 12.2. The van der Waals surface area contributed by atoms with E-state index in [2.05, 4.69) is 0 Å². The summed E-state index contributed by atoms with van der Waals surface area (Å²) in [4.78, 5) is 24.9. The molecule has 108 valence electrons. The van der Waals surface area contributed by atoms with Crippen LogP contribution in [0.1, 0.15) is 15.9 Å². The van der Waals surface area contributed by atoms with Crippen molar-refractivity contribution in [3.8, 4) is 0 Å². The average molecular weight is 304 g/mol. The summed E-state index contributed by atoms with van der Waals surface area (Å²) in [5, 5.41) is 9.52. The summed E-state index contributed by atoms with van der Waals surface area (Å²) in [5.41, 5.74) is 1.56. The van der Waals surface area contributed by atoms with Crippen molar-refractivity contribution in [2.45, 2.75) is 6.92 Å². The second kappa shape index (κ2) is 6.41. The summed E-state index contributed by atoms with van der Waals surface area (Å²) in [6.07, 6.45) is 0. The summed E-state index contributed by atoms with van der Waals surface area (Å²) in [7, 11) is 0. The van der Waals surface area contributed by atoms with Gasteiger partial charge in [-0.05, 0) is 36.8 Å². The maximum Gasteiger partial charge on any atom is 0.323 e. The molecule has 2 rings (SSSR count). The summed E-state index contributed by atoms with van der Waals surface area (Å²) in [6.45, 7) is 1.33. The maximum absolute atomic E-state index is 12.7. The van der Waals surface area contributed by atoms with Gasteiger partial charge in [0.25, 0.3) is 5.91 Å². The number of nitrogens with zero attached hydrogens (tertiary/aromatic N) is 1. The number of rotatable bonds is 4. The van der Waals surface area contributed by atoms with Gasteiger partial charge in [-0.25, -0.2) is 0 Å².